The number of hydrogen-bond donors (Lipinski definition) is 1. The van der Waals surface area contributed by atoms with Crippen LogP contribution in [0.3, 0.4) is 0 Å². The van der Waals surface area contributed by atoms with Gasteiger partial charge in [0.25, 0.3) is 0 Å². The van der Waals surface area contributed by atoms with E-state index in [2.05, 4.69) is 52.1 Å². The predicted molar refractivity (Wildman–Crippen MR) is 86.5 cm³/mol. The van der Waals surface area contributed by atoms with Crippen molar-refractivity contribution in [2.45, 2.75) is 45.9 Å². The Kier molecular flexibility index (Phi) is 6.73. The summed E-state index contributed by atoms with van der Waals surface area (Å²) in [5.41, 5.74) is 3.81. The molecular weight excluding hydrogens is 254 g/mol. The molecule has 0 aliphatic heterocycles. The van der Waals surface area contributed by atoms with Gasteiger partial charge in [0.2, 0.25) is 0 Å². The molecule has 0 saturated carbocycles. The fourth-order valence-corrected chi connectivity index (χ4v) is 3.02. The lowest BCUT2D eigenvalue weighted by molar-refractivity contribution is 0.399. The fraction of sp³-hybridized carbons (Fsp3) is 0.625. The lowest BCUT2D eigenvalue weighted by Gasteiger charge is -2.23. The first kappa shape index (κ1) is 16.4. The second kappa shape index (κ2) is 7.81. The molecule has 1 rings (SSSR count). The highest BCUT2D eigenvalue weighted by atomic mass is 32.2. The first-order valence-electron chi connectivity index (χ1n) is 7.00. The maximum Gasteiger partial charge on any atom is 0.126 e. The van der Waals surface area contributed by atoms with Crippen LogP contribution in [0.5, 0.6) is 5.75 Å². The van der Waals surface area contributed by atoms with E-state index in [1.54, 1.807) is 7.11 Å². The van der Waals surface area contributed by atoms with Crippen LogP contribution in [-0.4, -0.2) is 24.7 Å². The van der Waals surface area contributed by atoms with E-state index in [9.17, 15) is 0 Å². The number of methoxy groups -OCH3 is 1. The van der Waals surface area contributed by atoms with Gasteiger partial charge in [0.1, 0.15) is 5.75 Å². The van der Waals surface area contributed by atoms with Crippen LogP contribution in [0, 0.1) is 13.8 Å². The molecule has 3 heteroatoms. The zero-order valence-corrected chi connectivity index (χ0v) is 13.9. The summed E-state index contributed by atoms with van der Waals surface area (Å²) in [4.78, 5) is 0. The Morgan fingerprint density at radius 3 is 2.47 bits per heavy atom. The average Bonchev–Trinajstić information content (AvgIpc) is 2.37. The average molecular weight is 281 g/mol. The largest absolute Gasteiger partial charge is 0.496 e. The smallest absolute Gasteiger partial charge is 0.126 e. The molecule has 19 heavy (non-hydrogen) atoms. The monoisotopic (exact) mass is 281 g/mol. The van der Waals surface area contributed by atoms with Crippen LogP contribution in [0.2, 0.25) is 0 Å². The van der Waals surface area contributed by atoms with Crippen LogP contribution >= 0.6 is 11.8 Å². The minimum atomic E-state index is 0.353. The van der Waals surface area contributed by atoms with Crippen LogP contribution in [0.25, 0.3) is 0 Å². The van der Waals surface area contributed by atoms with Gasteiger partial charge in [-0.3, -0.25) is 0 Å². The molecule has 0 fully saturated rings. The third-order valence-electron chi connectivity index (χ3n) is 3.33. The fourth-order valence-electron chi connectivity index (χ4n) is 2.15. The molecule has 0 aliphatic rings. The zero-order valence-electron chi connectivity index (χ0n) is 13.0. The molecule has 0 radical (unpaired) electrons. The Hall–Kier alpha value is -0.670. The van der Waals surface area contributed by atoms with E-state index in [0.29, 0.717) is 11.3 Å². The molecule has 2 nitrogen and oxygen atoms in total. The minimum absolute atomic E-state index is 0.353. The lowest BCUT2D eigenvalue weighted by atomic mass is 10.00. The van der Waals surface area contributed by atoms with Crippen LogP contribution in [0.4, 0.5) is 0 Å². The van der Waals surface area contributed by atoms with E-state index >= 15 is 0 Å². The Bertz CT molecular complexity index is 404. The van der Waals surface area contributed by atoms with Gasteiger partial charge in [0, 0.05) is 17.4 Å². The van der Waals surface area contributed by atoms with Crippen molar-refractivity contribution in [3.63, 3.8) is 0 Å². The molecule has 1 atom stereocenters. The van der Waals surface area contributed by atoms with Gasteiger partial charge in [-0.25, -0.2) is 0 Å². The van der Waals surface area contributed by atoms with Crippen LogP contribution in [0.1, 0.15) is 43.5 Å². The van der Waals surface area contributed by atoms with Gasteiger partial charge in [-0.05, 0) is 36.8 Å². The molecule has 1 aromatic rings. The van der Waals surface area contributed by atoms with E-state index in [1.807, 2.05) is 11.8 Å². The number of thioether (sulfide) groups is 1. The molecule has 0 aliphatic carbocycles. The highest BCUT2D eigenvalue weighted by molar-refractivity contribution is 7.99. The summed E-state index contributed by atoms with van der Waals surface area (Å²) in [6.07, 6.45) is 0. The van der Waals surface area contributed by atoms with Gasteiger partial charge < -0.3 is 10.1 Å². The molecule has 108 valence electrons. The SMILES string of the molecule is CCNC(CSC(C)C)c1ccc(C)c(C)c1OC. The maximum absolute atomic E-state index is 5.64. The van der Waals surface area contributed by atoms with Gasteiger partial charge in [0.05, 0.1) is 7.11 Å². The number of hydrogen-bond acceptors (Lipinski definition) is 3. The highest BCUT2D eigenvalue weighted by Gasteiger charge is 2.18. The Morgan fingerprint density at radius 2 is 1.95 bits per heavy atom. The van der Waals surface area contributed by atoms with Crippen molar-refractivity contribution in [1.29, 1.82) is 0 Å². The van der Waals surface area contributed by atoms with Crippen molar-refractivity contribution in [1.82, 2.24) is 5.32 Å². The van der Waals surface area contributed by atoms with Crippen molar-refractivity contribution in [3.8, 4) is 5.75 Å². The van der Waals surface area contributed by atoms with Crippen LogP contribution < -0.4 is 10.1 Å². The summed E-state index contributed by atoms with van der Waals surface area (Å²) in [6.45, 7) is 11.9. The molecule has 0 heterocycles. The first-order valence-corrected chi connectivity index (χ1v) is 8.05. The first-order chi connectivity index (χ1) is 9.01. The van der Waals surface area contributed by atoms with Crippen molar-refractivity contribution in [3.05, 3.63) is 28.8 Å². The van der Waals surface area contributed by atoms with Crippen LogP contribution in [-0.2, 0) is 0 Å². The Balaban J connectivity index is 3.04. The molecule has 1 N–H and O–H groups in total. The van der Waals surface area contributed by atoms with Crippen molar-refractivity contribution >= 4 is 11.8 Å². The zero-order chi connectivity index (χ0) is 14.4. The number of nitrogens with one attached hydrogen (secondary N) is 1. The summed E-state index contributed by atoms with van der Waals surface area (Å²) in [5, 5.41) is 4.23. The normalized spacial score (nSPS) is 12.8. The van der Waals surface area contributed by atoms with Crippen molar-refractivity contribution in [2.24, 2.45) is 0 Å². The summed E-state index contributed by atoms with van der Waals surface area (Å²) in [6, 6.07) is 4.75. The number of ether oxygens (including phenoxy) is 1. The molecule has 0 spiro atoms. The molecule has 0 aromatic heterocycles. The van der Waals surface area contributed by atoms with Gasteiger partial charge in [-0.1, -0.05) is 32.9 Å². The summed E-state index contributed by atoms with van der Waals surface area (Å²) < 4.78 is 5.64. The maximum atomic E-state index is 5.64. The standard InChI is InChI=1S/C16H27NOS/c1-7-17-15(10-19-11(2)3)14-9-8-12(4)13(5)16(14)18-6/h8-9,11,15,17H,7,10H2,1-6H3. The topological polar surface area (TPSA) is 21.3 Å². The molecule has 0 amide bonds. The molecule has 0 saturated heterocycles. The predicted octanol–water partition coefficient (Wildman–Crippen LogP) is 4.10. The van der Waals surface area contributed by atoms with E-state index in [-0.39, 0.29) is 0 Å². The Labute approximate surface area is 122 Å². The number of aryl methyl sites for hydroxylation is 1. The van der Waals surface area contributed by atoms with Crippen LogP contribution in [0.15, 0.2) is 12.1 Å². The van der Waals surface area contributed by atoms with Crippen molar-refractivity contribution < 1.29 is 4.74 Å². The number of rotatable bonds is 7. The molecule has 1 unspecified atom stereocenters. The minimum Gasteiger partial charge on any atom is -0.496 e. The third kappa shape index (κ3) is 4.43. The van der Waals surface area contributed by atoms with E-state index in [1.165, 1.54) is 16.7 Å². The lowest BCUT2D eigenvalue weighted by Crippen LogP contribution is -2.24. The summed E-state index contributed by atoms with van der Waals surface area (Å²) in [7, 11) is 1.77. The summed E-state index contributed by atoms with van der Waals surface area (Å²) in [5.74, 6) is 2.11. The second-order valence-corrected chi connectivity index (χ2v) is 6.73. The van der Waals surface area contributed by atoms with E-state index < -0.39 is 0 Å². The second-order valence-electron chi connectivity index (χ2n) is 5.12. The highest BCUT2D eigenvalue weighted by Crippen LogP contribution is 2.33. The molecule has 0 bridgehead atoms. The van der Waals surface area contributed by atoms with Gasteiger partial charge in [-0.15, -0.1) is 0 Å². The molecule has 1 aromatic carbocycles. The van der Waals surface area contributed by atoms with Gasteiger partial charge in [0.15, 0.2) is 0 Å². The van der Waals surface area contributed by atoms with Crippen molar-refractivity contribution in [2.75, 3.05) is 19.4 Å². The van der Waals surface area contributed by atoms with Gasteiger partial charge >= 0.3 is 0 Å². The number of benzene rings is 1. The molecular formula is C16H27NOS. The third-order valence-corrected chi connectivity index (χ3v) is 4.53. The summed E-state index contributed by atoms with van der Waals surface area (Å²) >= 11 is 1.99. The quantitative estimate of drug-likeness (QED) is 0.813. The van der Waals surface area contributed by atoms with E-state index in [0.717, 1.165) is 18.0 Å². The Morgan fingerprint density at radius 1 is 1.26 bits per heavy atom. The van der Waals surface area contributed by atoms with E-state index in [4.69, 9.17) is 4.74 Å². The van der Waals surface area contributed by atoms with Gasteiger partial charge in [-0.2, -0.15) is 11.8 Å².